The zero-order valence-electron chi connectivity index (χ0n) is 18.8. The van der Waals surface area contributed by atoms with Crippen molar-refractivity contribution in [3.63, 3.8) is 0 Å². The van der Waals surface area contributed by atoms with Gasteiger partial charge in [0.15, 0.2) is 11.5 Å². The molecular formula is C25H21N3O6S. The van der Waals surface area contributed by atoms with E-state index < -0.39 is 5.97 Å². The lowest BCUT2D eigenvalue weighted by Crippen LogP contribution is -2.29. The van der Waals surface area contributed by atoms with E-state index in [4.69, 9.17) is 14.2 Å². The molecule has 0 radical (unpaired) electrons. The van der Waals surface area contributed by atoms with Gasteiger partial charge in [0.05, 0.1) is 24.0 Å². The van der Waals surface area contributed by atoms with Gasteiger partial charge in [0.2, 0.25) is 12.7 Å². The molecule has 0 spiro atoms. The smallest absolute Gasteiger partial charge is 0.337 e. The van der Waals surface area contributed by atoms with Crippen LogP contribution in [0.25, 0.3) is 0 Å². The second kappa shape index (κ2) is 9.67. The Morgan fingerprint density at radius 2 is 1.97 bits per heavy atom. The molecule has 5 rings (SSSR count). The number of anilines is 2. The Kier molecular flexibility index (Phi) is 6.28. The third-order valence-corrected chi connectivity index (χ3v) is 6.64. The number of pyridine rings is 1. The molecule has 0 saturated carbocycles. The zero-order chi connectivity index (χ0) is 24.4. The largest absolute Gasteiger partial charge is 0.465 e. The first-order valence-corrected chi connectivity index (χ1v) is 11.8. The molecule has 1 aromatic heterocycles. The highest BCUT2D eigenvalue weighted by Gasteiger charge is 2.28. The van der Waals surface area contributed by atoms with Gasteiger partial charge in [0, 0.05) is 30.2 Å². The van der Waals surface area contributed by atoms with Crippen LogP contribution in [0.5, 0.6) is 11.5 Å². The van der Waals surface area contributed by atoms with Gasteiger partial charge in [-0.25, -0.2) is 9.78 Å². The van der Waals surface area contributed by atoms with Crippen LogP contribution in [0.15, 0.2) is 59.8 Å². The molecule has 0 bridgehead atoms. The summed E-state index contributed by atoms with van der Waals surface area (Å²) in [6.07, 6.45) is 2.22. The van der Waals surface area contributed by atoms with E-state index >= 15 is 0 Å². The van der Waals surface area contributed by atoms with Crippen molar-refractivity contribution in [3.8, 4) is 11.5 Å². The maximum atomic E-state index is 13.4. The minimum absolute atomic E-state index is 0.0742. The van der Waals surface area contributed by atoms with Crippen molar-refractivity contribution < 1.29 is 28.6 Å². The van der Waals surface area contributed by atoms with Crippen molar-refractivity contribution in [2.45, 2.75) is 11.4 Å². The van der Waals surface area contributed by atoms with Crippen LogP contribution in [-0.2, 0) is 16.0 Å². The number of methoxy groups -OCH3 is 1. The van der Waals surface area contributed by atoms with Crippen LogP contribution in [0, 0.1) is 0 Å². The fourth-order valence-corrected chi connectivity index (χ4v) is 4.76. The standard InChI is InChI=1S/C25H21N3O6S/c1-32-25(31)16-4-6-19-15(11-16)8-10-28(19)24(30)18-3-2-9-26-23(18)35-13-22(29)27-17-5-7-20-21(12-17)34-14-33-20/h2-7,9,11-12H,8,10,13-14H2,1H3,(H,27,29). The molecule has 3 aromatic rings. The van der Waals surface area contributed by atoms with Crippen molar-refractivity contribution in [3.05, 3.63) is 71.4 Å². The number of esters is 1. The average molecular weight is 492 g/mol. The highest BCUT2D eigenvalue weighted by atomic mass is 32.2. The Hall–Kier alpha value is -4.05. The minimum atomic E-state index is -0.414. The summed E-state index contributed by atoms with van der Waals surface area (Å²) in [5, 5.41) is 3.29. The number of nitrogens with zero attached hydrogens (tertiary/aromatic N) is 2. The molecule has 2 aromatic carbocycles. The number of ether oxygens (including phenoxy) is 3. The molecule has 178 valence electrons. The number of amides is 2. The van der Waals surface area contributed by atoms with E-state index in [0.29, 0.717) is 46.3 Å². The minimum Gasteiger partial charge on any atom is -0.465 e. The number of rotatable bonds is 6. The van der Waals surface area contributed by atoms with Crippen molar-refractivity contribution in [1.82, 2.24) is 4.98 Å². The lowest BCUT2D eigenvalue weighted by atomic mass is 10.1. The van der Waals surface area contributed by atoms with E-state index in [1.165, 1.54) is 18.9 Å². The SMILES string of the molecule is COC(=O)c1ccc2c(c1)CCN2C(=O)c1cccnc1SCC(=O)Nc1ccc2c(c1)OCO2. The zero-order valence-corrected chi connectivity index (χ0v) is 19.6. The Balaban J connectivity index is 1.27. The highest BCUT2D eigenvalue weighted by Crippen LogP contribution is 2.35. The quantitative estimate of drug-likeness (QED) is 0.412. The number of aromatic nitrogens is 1. The fraction of sp³-hybridized carbons (Fsp3) is 0.200. The Labute approximate surface area is 205 Å². The lowest BCUT2D eigenvalue weighted by Gasteiger charge is -2.19. The molecular weight excluding hydrogens is 470 g/mol. The summed E-state index contributed by atoms with van der Waals surface area (Å²) >= 11 is 1.19. The van der Waals surface area contributed by atoms with Gasteiger partial charge in [-0.3, -0.25) is 9.59 Å². The molecule has 0 saturated heterocycles. The van der Waals surface area contributed by atoms with Gasteiger partial charge < -0.3 is 24.4 Å². The van der Waals surface area contributed by atoms with Crippen molar-refractivity contribution in [2.24, 2.45) is 0 Å². The summed E-state index contributed by atoms with van der Waals surface area (Å²) in [4.78, 5) is 43.8. The molecule has 10 heteroatoms. The number of thioether (sulfide) groups is 1. The van der Waals surface area contributed by atoms with Crippen LogP contribution >= 0.6 is 11.8 Å². The third kappa shape index (κ3) is 4.65. The first kappa shape index (κ1) is 22.7. The van der Waals surface area contributed by atoms with Crippen LogP contribution in [0.1, 0.15) is 26.3 Å². The predicted molar refractivity (Wildman–Crippen MR) is 129 cm³/mol. The van der Waals surface area contributed by atoms with Gasteiger partial charge >= 0.3 is 5.97 Å². The molecule has 1 N–H and O–H groups in total. The van der Waals surface area contributed by atoms with Crippen LogP contribution in [0.4, 0.5) is 11.4 Å². The number of carbonyl (C=O) groups excluding carboxylic acids is 3. The Bertz CT molecular complexity index is 1330. The predicted octanol–water partition coefficient (Wildman–Crippen LogP) is 3.53. The lowest BCUT2D eigenvalue weighted by molar-refractivity contribution is -0.113. The molecule has 2 aliphatic heterocycles. The molecule has 0 fully saturated rings. The van der Waals surface area contributed by atoms with Gasteiger partial charge in [-0.15, -0.1) is 0 Å². The van der Waals surface area contributed by atoms with E-state index in [0.717, 1.165) is 11.3 Å². The van der Waals surface area contributed by atoms with E-state index in [1.54, 1.807) is 59.6 Å². The molecule has 0 aliphatic carbocycles. The van der Waals surface area contributed by atoms with E-state index in [2.05, 4.69) is 10.3 Å². The molecule has 3 heterocycles. The van der Waals surface area contributed by atoms with E-state index in [-0.39, 0.29) is 24.4 Å². The third-order valence-electron chi connectivity index (χ3n) is 5.64. The average Bonchev–Trinajstić information content (AvgIpc) is 3.53. The first-order chi connectivity index (χ1) is 17.0. The van der Waals surface area contributed by atoms with Gasteiger partial charge in [-0.1, -0.05) is 11.8 Å². The Morgan fingerprint density at radius 1 is 1.11 bits per heavy atom. The van der Waals surface area contributed by atoms with E-state index in [9.17, 15) is 14.4 Å². The van der Waals surface area contributed by atoms with Crippen LogP contribution in [0.3, 0.4) is 0 Å². The summed E-state index contributed by atoms with van der Waals surface area (Å²) in [6, 6.07) is 13.7. The molecule has 35 heavy (non-hydrogen) atoms. The maximum Gasteiger partial charge on any atom is 0.337 e. The summed E-state index contributed by atoms with van der Waals surface area (Å²) in [7, 11) is 1.34. The topological polar surface area (TPSA) is 107 Å². The number of hydrogen-bond acceptors (Lipinski definition) is 8. The first-order valence-electron chi connectivity index (χ1n) is 10.8. The van der Waals surface area contributed by atoms with Crippen molar-refractivity contribution in [1.29, 1.82) is 0 Å². The molecule has 9 nitrogen and oxygen atoms in total. The Morgan fingerprint density at radius 3 is 2.83 bits per heavy atom. The number of carbonyl (C=O) groups is 3. The molecule has 2 amide bonds. The van der Waals surface area contributed by atoms with Gasteiger partial charge in [0.25, 0.3) is 5.91 Å². The monoisotopic (exact) mass is 491 g/mol. The molecule has 2 aliphatic rings. The number of hydrogen-bond donors (Lipinski definition) is 1. The maximum absolute atomic E-state index is 13.4. The van der Waals surface area contributed by atoms with Crippen molar-refractivity contribution in [2.75, 3.05) is 36.4 Å². The molecule has 0 unspecified atom stereocenters. The molecule has 0 atom stereocenters. The normalized spacial score (nSPS) is 13.3. The van der Waals surface area contributed by atoms with Crippen LogP contribution in [-0.4, -0.2) is 49.0 Å². The summed E-state index contributed by atoms with van der Waals surface area (Å²) in [5.74, 6) is 0.436. The van der Waals surface area contributed by atoms with E-state index in [1.807, 2.05) is 0 Å². The number of fused-ring (bicyclic) bond motifs is 2. The summed E-state index contributed by atoms with van der Waals surface area (Å²) in [6.45, 7) is 0.648. The van der Waals surface area contributed by atoms with Gasteiger partial charge in [-0.2, -0.15) is 0 Å². The van der Waals surface area contributed by atoms with Crippen molar-refractivity contribution >= 4 is 40.9 Å². The number of nitrogens with one attached hydrogen (secondary N) is 1. The van der Waals surface area contributed by atoms with Gasteiger partial charge in [0.1, 0.15) is 5.03 Å². The second-order valence-corrected chi connectivity index (χ2v) is 8.77. The number of benzene rings is 2. The van der Waals surface area contributed by atoms with Gasteiger partial charge in [-0.05, 0) is 54.4 Å². The summed E-state index contributed by atoms with van der Waals surface area (Å²) < 4.78 is 15.4. The van der Waals surface area contributed by atoms with Crippen LogP contribution < -0.4 is 19.7 Å². The van der Waals surface area contributed by atoms with Crippen LogP contribution in [0.2, 0.25) is 0 Å². The fourth-order valence-electron chi connectivity index (χ4n) is 3.98. The second-order valence-electron chi connectivity index (χ2n) is 7.80. The summed E-state index contributed by atoms with van der Waals surface area (Å²) in [5.41, 5.74) is 3.12. The highest BCUT2D eigenvalue weighted by molar-refractivity contribution is 8.00.